The van der Waals surface area contributed by atoms with E-state index in [4.69, 9.17) is 26.0 Å². The van der Waals surface area contributed by atoms with Crippen LogP contribution in [0.25, 0.3) is 33.7 Å². The summed E-state index contributed by atoms with van der Waals surface area (Å²) in [5.74, 6) is -0.473. The third kappa shape index (κ3) is 4.10. The van der Waals surface area contributed by atoms with E-state index in [9.17, 15) is 4.79 Å². The quantitative estimate of drug-likeness (QED) is 0.376. The maximum Gasteiger partial charge on any atom is 0.337 e. The average Bonchev–Trinajstić information content (AvgIpc) is 3.25. The van der Waals surface area contributed by atoms with Crippen LogP contribution in [0.2, 0.25) is 5.02 Å². The fraction of sp³-hybridized carbons (Fsp3) is 0.120. The van der Waals surface area contributed by atoms with E-state index < -0.39 is 5.97 Å². The highest BCUT2D eigenvalue weighted by molar-refractivity contribution is 6.33. The van der Waals surface area contributed by atoms with E-state index >= 15 is 0 Å². The Balaban J connectivity index is 1.75. The molecule has 0 bridgehead atoms. The highest BCUT2D eigenvalue weighted by Gasteiger charge is 2.18. The standard InChI is InChI=1S/C25H20ClNO4/c1-15-18(16-6-4-3-5-7-16)10-11-19(21(15)14-30-2)24-13-23(27-31-24)17-8-9-20(25(28)29)22(26)12-17/h3-13H,14H2,1-2H3,(H,28,29). The molecule has 156 valence electrons. The van der Waals surface area contributed by atoms with Gasteiger partial charge in [-0.25, -0.2) is 4.79 Å². The molecule has 3 aromatic carbocycles. The normalized spacial score (nSPS) is 10.9. The Morgan fingerprint density at radius 2 is 1.77 bits per heavy atom. The van der Waals surface area contributed by atoms with Crippen molar-refractivity contribution in [2.75, 3.05) is 7.11 Å². The molecule has 1 heterocycles. The van der Waals surface area contributed by atoms with Crippen LogP contribution < -0.4 is 0 Å². The fourth-order valence-corrected chi connectivity index (χ4v) is 3.90. The Morgan fingerprint density at radius 3 is 2.45 bits per heavy atom. The summed E-state index contributed by atoms with van der Waals surface area (Å²) in [5.41, 5.74) is 6.58. The maximum absolute atomic E-state index is 11.2. The van der Waals surface area contributed by atoms with E-state index in [0.717, 1.165) is 27.8 Å². The molecule has 0 saturated carbocycles. The third-order valence-electron chi connectivity index (χ3n) is 5.24. The summed E-state index contributed by atoms with van der Waals surface area (Å²) in [5, 5.41) is 13.5. The molecular formula is C25H20ClNO4. The Labute approximate surface area is 184 Å². The summed E-state index contributed by atoms with van der Waals surface area (Å²) in [4.78, 5) is 11.2. The van der Waals surface area contributed by atoms with Crippen LogP contribution >= 0.6 is 11.6 Å². The number of carbonyl (C=O) groups is 1. The number of hydrogen-bond acceptors (Lipinski definition) is 4. The lowest BCUT2D eigenvalue weighted by atomic mass is 9.92. The summed E-state index contributed by atoms with van der Waals surface area (Å²) in [6.45, 7) is 2.50. The van der Waals surface area contributed by atoms with Crippen LogP contribution in [0.1, 0.15) is 21.5 Å². The molecular weight excluding hydrogens is 414 g/mol. The minimum Gasteiger partial charge on any atom is -0.478 e. The molecule has 5 nitrogen and oxygen atoms in total. The van der Waals surface area contributed by atoms with Crippen LogP contribution in [0.15, 0.2) is 71.3 Å². The first-order chi connectivity index (χ1) is 15.0. The van der Waals surface area contributed by atoms with Crippen LogP contribution in [0.3, 0.4) is 0 Å². The minimum absolute atomic E-state index is 0.0450. The zero-order chi connectivity index (χ0) is 22.0. The van der Waals surface area contributed by atoms with Gasteiger partial charge in [-0.15, -0.1) is 0 Å². The van der Waals surface area contributed by atoms with Crippen molar-refractivity contribution in [3.05, 3.63) is 88.4 Å². The molecule has 0 saturated heterocycles. The Hall–Kier alpha value is -3.41. The van der Waals surface area contributed by atoms with Crippen LogP contribution in [0, 0.1) is 6.92 Å². The summed E-state index contributed by atoms with van der Waals surface area (Å²) < 4.78 is 11.1. The van der Waals surface area contributed by atoms with Gasteiger partial charge >= 0.3 is 5.97 Å². The second-order valence-electron chi connectivity index (χ2n) is 7.14. The Kier molecular flexibility index (Phi) is 5.89. The molecule has 6 heteroatoms. The lowest BCUT2D eigenvalue weighted by Crippen LogP contribution is -1.98. The van der Waals surface area contributed by atoms with E-state index in [-0.39, 0.29) is 10.6 Å². The molecule has 0 aliphatic heterocycles. The predicted molar refractivity (Wildman–Crippen MR) is 120 cm³/mol. The number of methoxy groups -OCH3 is 1. The minimum atomic E-state index is -1.07. The molecule has 0 aliphatic carbocycles. The van der Waals surface area contributed by atoms with Crippen LogP contribution in [0.5, 0.6) is 0 Å². The molecule has 31 heavy (non-hydrogen) atoms. The van der Waals surface area contributed by atoms with Crippen LogP contribution in [-0.4, -0.2) is 23.3 Å². The molecule has 0 radical (unpaired) electrons. The molecule has 1 N–H and O–H groups in total. The van der Waals surface area contributed by atoms with Gasteiger partial charge in [0, 0.05) is 24.3 Å². The first-order valence-corrected chi connectivity index (χ1v) is 10.0. The molecule has 0 unspecified atom stereocenters. The average molecular weight is 434 g/mol. The van der Waals surface area contributed by atoms with Crippen molar-refractivity contribution < 1.29 is 19.2 Å². The Morgan fingerprint density at radius 1 is 1.03 bits per heavy atom. The van der Waals surface area contributed by atoms with Gasteiger partial charge in [0.05, 0.1) is 17.2 Å². The smallest absolute Gasteiger partial charge is 0.337 e. The predicted octanol–water partition coefficient (Wildman–Crippen LogP) is 6.48. The number of halogens is 1. The van der Waals surface area contributed by atoms with Gasteiger partial charge in [0.15, 0.2) is 5.76 Å². The zero-order valence-electron chi connectivity index (χ0n) is 17.1. The SMILES string of the molecule is COCc1c(-c2cc(-c3ccc(C(=O)O)c(Cl)c3)no2)ccc(-c2ccccc2)c1C. The van der Waals surface area contributed by atoms with Crippen molar-refractivity contribution in [2.45, 2.75) is 13.5 Å². The van der Waals surface area contributed by atoms with E-state index in [1.807, 2.05) is 30.3 Å². The van der Waals surface area contributed by atoms with Crippen molar-refractivity contribution in [3.63, 3.8) is 0 Å². The largest absolute Gasteiger partial charge is 0.478 e. The van der Waals surface area contributed by atoms with Gasteiger partial charge in [0.2, 0.25) is 0 Å². The van der Waals surface area contributed by atoms with Crippen molar-refractivity contribution >= 4 is 17.6 Å². The van der Waals surface area contributed by atoms with Gasteiger partial charge in [-0.3, -0.25) is 0 Å². The van der Waals surface area contributed by atoms with Crippen molar-refractivity contribution in [3.8, 4) is 33.7 Å². The summed E-state index contributed by atoms with van der Waals surface area (Å²) in [6, 6.07) is 20.8. The van der Waals surface area contributed by atoms with Crippen LogP contribution in [0.4, 0.5) is 0 Å². The summed E-state index contributed by atoms with van der Waals surface area (Å²) in [7, 11) is 1.66. The molecule has 1 aromatic heterocycles. The first kappa shape index (κ1) is 20.8. The molecule has 0 spiro atoms. The topological polar surface area (TPSA) is 72.6 Å². The van der Waals surface area contributed by atoms with Gasteiger partial charge in [-0.2, -0.15) is 0 Å². The number of aromatic nitrogens is 1. The van der Waals surface area contributed by atoms with Crippen molar-refractivity contribution in [1.29, 1.82) is 0 Å². The number of nitrogens with zero attached hydrogens (tertiary/aromatic N) is 1. The Bertz CT molecular complexity index is 1250. The van der Waals surface area contributed by atoms with Crippen LogP contribution in [-0.2, 0) is 11.3 Å². The van der Waals surface area contributed by atoms with Gasteiger partial charge in [0.25, 0.3) is 0 Å². The van der Waals surface area contributed by atoms with Gasteiger partial charge in [0.1, 0.15) is 5.69 Å². The first-order valence-electron chi connectivity index (χ1n) is 9.66. The number of ether oxygens (including phenoxy) is 1. The second-order valence-corrected chi connectivity index (χ2v) is 7.55. The fourth-order valence-electron chi connectivity index (χ4n) is 3.63. The molecule has 0 aliphatic rings. The summed E-state index contributed by atoms with van der Waals surface area (Å²) in [6.07, 6.45) is 0. The number of carboxylic acids is 1. The van der Waals surface area contributed by atoms with Crippen molar-refractivity contribution in [2.24, 2.45) is 0 Å². The highest BCUT2D eigenvalue weighted by atomic mass is 35.5. The number of aromatic carboxylic acids is 1. The van der Waals surface area contributed by atoms with E-state index in [1.165, 1.54) is 6.07 Å². The zero-order valence-corrected chi connectivity index (χ0v) is 17.8. The van der Waals surface area contributed by atoms with E-state index in [2.05, 4.69) is 30.3 Å². The molecule has 0 amide bonds. The van der Waals surface area contributed by atoms with E-state index in [1.54, 1.807) is 19.2 Å². The lowest BCUT2D eigenvalue weighted by Gasteiger charge is -2.15. The lowest BCUT2D eigenvalue weighted by molar-refractivity contribution is 0.0697. The number of benzene rings is 3. The monoisotopic (exact) mass is 433 g/mol. The second kappa shape index (κ2) is 8.76. The van der Waals surface area contributed by atoms with Crippen molar-refractivity contribution in [1.82, 2.24) is 5.16 Å². The number of hydrogen-bond donors (Lipinski definition) is 1. The molecule has 4 aromatic rings. The van der Waals surface area contributed by atoms with E-state index in [0.29, 0.717) is 23.6 Å². The molecule has 4 rings (SSSR count). The third-order valence-corrected chi connectivity index (χ3v) is 5.56. The molecule has 0 fully saturated rings. The summed E-state index contributed by atoms with van der Waals surface area (Å²) >= 11 is 6.11. The number of carboxylic acid groups (broad SMARTS) is 1. The molecule has 0 atom stereocenters. The van der Waals surface area contributed by atoms with Gasteiger partial charge in [-0.1, -0.05) is 65.3 Å². The highest BCUT2D eigenvalue weighted by Crippen LogP contribution is 2.35. The number of rotatable bonds is 6. The van der Waals surface area contributed by atoms with Gasteiger partial charge in [-0.05, 0) is 41.3 Å². The van der Waals surface area contributed by atoms with Gasteiger partial charge < -0.3 is 14.4 Å². The maximum atomic E-state index is 11.2.